The fourth-order valence-corrected chi connectivity index (χ4v) is 2.68. The molecule has 1 aliphatic heterocycles. The molecule has 0 spiro atoms. The van der Waals surface area contributed by atoms with Gasteiger partial charge in [0.25, 0.3) is 0 Å². The Kier molecular flexibility index (Phi) is 4.86. The summed E-state index contributed by atoms with van der Waals surface area (Å²) in [6.45, 7) is 6.50. The van der Waals surface area contributed by atoms with Crippen LogP contribution in [0.4, 0.5) is 5.69 Å². The van der Waals surface area contributed by atoms with Crippen molar-refractivity contribution >= 4 is 17.5 Å². The Morgan fingerprint density at radius 1 is 1.05 bits per heavy atom. The van der Waals surface area contributed by atoms with Crippen LogP contribution >= 0.6 is 0 Å². The maximum atomic E-state index is 12.8. The molecule has 0 unspecified atom stereocenters. The number of anilines is 1. The van der Waals surface area contributed by atoms with Crippen molar-refractivity contribution in [3.63, 3.8) is 0 Å². The summed E-state index contributed by atoms with van der Waals surface area (Å²) in [4.78, 5) is 31.1. The molecule has 0 saturated carbocycles. The molecule has 0 radical (unpaired) electrons. The number of rotatable bonds is 3. The molecule has 0 aliphatic carbocycles. The molecule has 1 heterocycles. The minimum Gasteiger partial charge on any atom is -0.339 e. The molecule has 5 nitrogen and oxygen atoms in total. The summed E-state index contributed by atoms with van der Waals surface area (Å²) in [5.41, 5.74) is -0.257. The highest BCUT2D eigenvalue weighted by Crippen LogP contribution is 2.25. The molecular formula is C17H25N3O2. The fourth-order valence-electron chi connectivity index (χ4n) is 2.68. The topological polar surface area (TPSA) is 43.9 Å². The van der Waals surface area contributed by atoms with E-state index in [1.807, 2.05) is 37.4 Å². The van der Waals surface area contributed by atoms with Gasteiger partial charge in [-0.3, -0.25) is 9.59 Å². The SMILES string of the molecule is CN1CCN(C(=O)C(C)(C)C(=O)N(C)c2ccccc2)CC1. The molecule has 1 fully saturated rings. The molecule has 5 heteroatoms. The number of benzene rings is 1. The molecule has 1 aromatic rings. The first kappa shape index (κ1) is 16.5. The maximum absolute atomic E-state index is 12.8. The minimum absolute atomic E-state index is 0.0895. The van der Waals surface area contributed by atoms with Crippen molar-refractivity contribution in [1.29, 1.82) is 0 Å². The number of hydrogen-bond acceptors (Lipinski definition) is 3. The number of hydrogen-bond donors (Lipinski definition) is 0. The molecule has 2 amide bonds. The summed E-state index contributed by atoms with van der Waals surface area (Å²) < 4.78 is 0. The van der Waals surface area contributed by atoms with Crippen molar-refractivity contribution in [2.24, 2.45) is 5.41 Å². The van der Waals surface area contributed by atoms with E-state index in [4.69, 9.17) is 0 Å². The predicted octanol–water partition coefficient (Wildman–Crippen LogP) is 1.45. The number of amides is 2. The maximum Gasteiger partial charge on any atom is 0.241 e. The van der Waals surface area contributed by atoms with Gasteiger partial charge in [-0.15, -0.1) is 0 Å². The van der Waals surface area contributed by atoms with Gasteiger partial charge >= 0.3 is 0 Å². The largest absolute Gasteiger partial charge is 0.339 e. The van der Waals surface area contributed by atoms with E-state index in [9.17, 15) is 9.59 Å². The van der Waals surface area contributed by atoms with E-state index in [2.05, 4.69) is 4.90 Å². The van der Waals surface area contributed by atoms with Gasteiger partial charge in [0, 0.05) is 38.9 Å². The summed E-state index contributed by atoms with van der Waals surface area (Å²) in [7, 11) is 3.76. The third kappa shape index (κ3) is 3.30. The molecule has 1 aliphatic rings. The lowest BCUT2D eigenvalue weighted by atomic mass is 9.89. The van der Waals surface area contributed by atoms with E-state index in [0.717, 1.165) is 18.8 Å². The third-order valence-electron chi connectivity index (χ3n) is 4.31. The quantitative estimate of drug-likeness (QED) is 0.794. The Bertz CT molecular complexity index is 534. The van der Waals surface area contributed by atoms with Gasteiger partial charge in [-0.25, -0.2) is 0 Å². The van der Waals surface area contributed by atoms with Gasteiger partial charge < -0.3 is 14.7 Å². The van der Waals surface area contributed by atoms with E-state index in [1.165, 1.54) is 0 Å². The molecule has 0 N–H and O–H groups in total. The second kappa shape index (κ2) is 6.48. The van der Waals surface area contributed by atoms with Gasteiger partial charge in [0.1, 0.15) is 5.41 Å². The van der Waals surface area contributed by atoms with Crippen LogP contribution in [0.25, 0.3) is 0 Å². The summed E-state index contributed by atoms with van der Waals surface area (Å²) in [5, 5.41) is 0. The van der Waals surface area contributed by atoms with Gasteiger partial charge in [-0.05, 0) is 33.0 Å². The van der Waals surface area contributed by atoms with Crippen molar-refractivity contribution in [2.45, 2.75) is 13.8 Å². The van der Waals surface area contributed by atoms with Gasteiger partial charge in [0.05, 0.1) is 0 Å². The Hall–Kier alpha value is -1.88. The zero-order valence-electron chi connectivity index (χ0n) is 13.9. The first-order valence-corrected chi connectivity index (χ1v) is 7.65. The molecule has 1 saturated heterocycles. The highest BCUT2D eigenvalue weighted by molar-refractivity contribution is 6.10. The van der Waals surface area contributed by atoms with Crippen molar-refractivity contribution in [3.05, 3.63) is 30.3 Å². The van der Waals surface area contributed by atoms with Crippen molar-refractivity contribution < 1.29 is 9.59 Å². The summed E-state index contributed by atoms with van der Waals surface area (Å²) >= 11 is 0. The molecule has 1 aromatic carbocycles. The van der Waals surface area contributed by atoms with E-state index in [1.54, 1.807) is 30.7 Å². The van der Waals surface area contributed by atoms with Crippen LogP contribution in [0, 0.1) is 5.41 Å². The number of nitrogens with zero attached hydrogens (tertiary/aromatic N) is 3. The predicted molar refractivity (Wildman–Crippen MR) is 87.7 cm³/mol. The van der Waals surface area contributed by atoms with E-state index >= 15 is 0 Å². The second-order valence-electron chi connectivity index (χ2n) is 6.42. The standard InChI is InChI=1S/C17H25N3O2/c1-17(2,16(22)20-12-10-18(3)11-13-20)15(21)19(4)14-8-6-5-7-9-14/h5-9H,10-13H2,1-4H3. The Morgan fingerprint density at radius 2 is 1.59 bits per heavy atom. The van der Waals surface area contributed by atoms with E-state index < -0.39 is 5.41 Å². The van der Waals surface area contributed by atoms with Crippen LogP contribution in [0.15, 0.2) is 30.3 Å². The van der Waals surface area contributed by atoms with Crippen molar-refractivity contribution in [2.75, 3.05) is 45.2 Å². The summed E-state index contributed by atoms with van der Waals surface area (Å²) in [5.74, 6) is -0.268. The van der Waals surface area contributed by atoms with Crippen LogP contribution in [-0.2, 0) is 9.59 Å². The summed E-state index contributed by atoms with van der Waals surface area (Å²) in [6.07, 6.45) is 0. The molecule has 0 bridgehead atoms. The number of likely N-dealkylation sites (N-methyl/N-ethyl adjacent to an activating group) is 1. The normalized spacial score (nSPS) is 16.5. The van der Waals surface area contributed by atoms with Gasteiger partial charge in [-0.2, -0.15) is 0 Å². The molecule has 22 heavy (non-hydrogen) atoms. The molecule has 2 rings (SSSR count). The van der Waals surface area contributed by atoms with Crippen LogP contribution in [0.3, 0.4) is 0 Å². The van der Waals surface area contributed by atoms with Crippen LogP contribution in [-0.4, -0.2) is 61.9 Å². The summed E-state index contributed by atoms with van der Waals surface area (Å²) in [6, 6.07) is 9.41. The van der Waals surface area contributed by atoms with E-state index in [0.29, 0.717) is 13.1 Å². The monoisotopic (exact) mass is 303 g/mol. The Morgan fingerprint density at radius 3 is 2.14 bits per heavy atom. The highest BCUT2D eigenvalue weighted by Gasteiger charge is 2.41. The molecule has 120 valence electrons. The Balaban J connectivity index is 2.11. The molecule has 0 atom stereocenters. The van der Waals surface area contributed by atoms with Crippen molar-refractivity contribution in [1.82, 2.24) is 9.80 Å². The molecule has 0 aromatic heterocycles. The lowest BCUT2D eigenvalue weighted by molar-refractivity contribution is -0.148. The first-order chi connectivity index (χ1) is 10.3. The third-order valence-corrected chi connectivity index (χ3v) is 4.31. The zero-order chi connectivity index (χ0) is 16.3. The number of carbonyl (C=O) groups is 2. The van der Waals surface area contributed by atoms with Gasteiger partial charge in [0.2, 0.25) is 11.8 Å². The number of piperazine rings is 1. The van der Waals surface area contributed by atoms with Gasteiger partial charge in [-0.1, -0.05) is 18.2 Å². The lowest BCUT2D eigenvalue weighted by Gasteiger charge is -2.37. The van der Waals surface area contributed by atoms with Gasteiger partial charge in [0.15, 0.2) is 0 Å². The zero-order valence-corrected chi connectivity index (χ0v) is 13.9. The molecular weight excluding hydrogens is 278 g/mol. The second-order valence-corrected chi connectivity index (χ2v) is 6.42. The smallest absolute Gasteiger partial charge is 0.241 e. The average molecular weight is 303 g/mol. The number of para-hydroxylation sites is 1. The minimum atomic E-state index is -1.06. The fraction of sp³-hybridized carbons (Fsp3) is 0.529. The number of carbonyl (C=O) groups excluding carboxylic acids is 2. The van der Waals surface area contributed by atoms with Crippen LogP contribution in [0.1, 0.15) is 13.8 Å². The van der Waals surface area contributed by atoms with Crippen LogP contribution in [0.5, 0.6) is 0 Å². The van der Waals surface area contributed by atoms with Crippen molar-refractivity contribution in [3.8, 4) is 0 Å². The van der Waals surface area contributed by atoms with Crippen LogP contribution < -0.4 is 4.90 Å². The average Bonchev–Trinajstić information content (AvgIpc) is 2.54. The van der Waals surface area contributed by atoms with Crippen LogP contribution in [0.2, 0.25) is 0 Å². The van der Waals surface area contributed by atoms with E-state index in [-0.39, 0.29) is 11.8 Å². The lowest BCUT2D eigenvalue weighted by Crippen LogP contribution is -2.55. The highest BCUT2D eigenvalue weighted by atomic mass is 16.2. The first-order valence-electron chi connectivity index (χ1n) is 7.65. The Labute approximate surface area is 132 Å².